The Bertz CT molecular complexity index is 697. The van der Waals surface area contributed by atoms with Crippen LogP contribution in [0.25, 0.3) is 11.1 Å². The molecule has 0 saturated heterocycles. The maximum Gasteiger partial charge on any atom is 0.194 e. The molecule has 0 saturated carbocycles. The molecule has 1 aliphatic heterocycles. The fourth-order valence-corrected chi connectivity index (χ4v) is 2.54. The molecule has 3 rings (SSSR count). The molecule has 1 aliphatic rings. The quantitative estimate of drug-likeness (QED) is 0.663. The number of allylic oxidation sites excluding steroid dienone is 1. The summed E-state index contributed by atoms with van der Waals surface area (Å²) >= 11 is 0. The van der Waals surface area contributed by atoms with Gasteiger partial charge in [-0.15, -0.1) is 0 Å². The minimum atomic E-state index is -1.45. The first-order valence-corrected chi connectivity index (χ1v) is 7.10. The molecular weight excluding hydrogens is 289 g/mol. The van der Waals surface area contributed by atoms with Crippen LogP contribution in [0.15, 0.2) is 48.2 Å². The molecular formula is C18H15F3O. The summed E-state index contributed by atoms with van der Waals surface area (Å²) in [7, 11) is 0. The van der Waals surface area contributed by atoms with E-state index in [9.17, 15) is 13.2 Å². The van der Waals surface area contributed by atoms with Crippen LogP contribution >= 0.6 is 0 Å². The van der Waals surface area contributed by atoms with Crippen molar-refractivity contribution in [2.75, 3.05) is 0 Å². The van der Waals surface area contributed by atoms with E-state index >= 15 is 0 Å². The topological polar surface area (TPSA) is 9.23 Å². The van der Waals surface area contributed by atoms with Gasteiger partial charge in [-0.25, -0.2) is 13.2 Å². The summed E-state index contributed by atoms with van der Waals surface area (Å²) in [5.41, 5.74) is 3.16. The lowest BCUT2D eigenvalue weighted by molar-refractivity contribution is 0.121. The van der Waals surface area contributed by atoms with Gasteiger partial charge >= 0.3 is 0 Å². The van der Waals surface area contributed by atoms with Crippen LogP contribution in [0.2, 0.25) is 0 Å². The highest BCUT2D eigenvalue weighted by molar-refractivity contribution is 5.64. The summed E-state index contributed by atoms with van der Waals surface area (Å²) in [6.07, 6.45) is 3.66. The van der Waals surface area contributed by atoms with Crippen LogP contribution in [0, 0.1) is 17.5 Å². The number of ether oxygens (including phenoxy) is 1. The Morgan fingerprint density at radius 2 is 1.59 bits per heavy atom. The van der Waals surface area contributed by atoms with Gasteiger partial charge in [0.15, 0.2) is 17.5 Å². The van der Waals surface area contributed by atoms with Crippen molar-refractivity contribution in [1.29, 1.82) is 0 Å². The number of halogens is 3. The van der Waals surface area contributed by atoms with E-state index in [4.69, 9.17) is 4.74 Å². The van der Waals surface area contributed by atoms with Crippen LogP contribution in [0.1, 0.15) is 31.4 Å². The van der Waals surface area contributed by atoms with Crippen molar-refractivity contribution in [1.82, 2.24) is 0 Å². The predicted molar refractivity (Wildman–Crippen MR) is 78.6 cm³/mol. The van der Waals surface area contributed by atoms with Gasteiger partial charge in [0.1, 0.15) is 6.10 Å². The highest BCUT2D eigenvalue weighted by atomic mass is 19.2. The third-order valence-corrected chi connectivity index (χ3v) is 3.83. The molecule has 1 unspecified atom stereocenters. The average molecular weight is 304 g/mol. The minimum absolute atomic E-state index is 0.000518. The molecule has 22 heavy (non-hydrogen) atoms. The van der Waals surface area contributed by atoms with E-state index in [2.05, 4.69) is 0 Å². The molecule has 0 amide bonds. The smallest absolute Gasteiger partial charge is 0.194 e. The molecule has 114 valence electrons. The lowest BCUT2D eigenvalue weighted by Gasteiger charge is -2.22. The maximum atomic E-state index is 13.3. The normalized spacial score (nSPS) is 17.8. The first-order chi connectivity index (χ1) is 10.5. The van der Waals surface area contributed by atoms with E-state index < -0.39 is 17.5 Å². The van der Waals surface area contributed by atoms with Crippen LogP contribution in [0.4, 0.5) is 13.2 Å². The van der Waals surface area contributed by atoms with Crippen molar-refractivity contribution < 1.29 is 17.9 Å². The fraction of sp³-hybridized carbons (Fsp3) is 0.222. The summed E-state index contributed by atoms with van der Waals surface area (Å²) in [5.74, 6) is -3.82. The zero-order valence-corrected chi connectivity index (χ0v) is 12.1. The zero-order valence-electron chi connectivity index (χ0n) is 12.1. The summed E-state index contributed by atoms with van der Waals surface area (Å²) in [6, 6.07) is 9.25. The molecule has 0 N–H and O–H groups in total. The summed E-state index contributed by atoms with van der Waals surface area (Å²) in [6.45, 7) is 2.02. The molecule has 0 bridgehead atoms. The lowest BCUT2D eigenvalue weighted by atomic mass is 9.97. The van der Waals surface area contributed by atoms with Crippen molar-refractivity contribution in [3.63, 3.8) is 0 Å². The van der Waals surface area contributed by atoms with Crippen molar-refractivity contribution >= 4 is 0 Å². The van der Waals surface area contributed by atoms with E-state index in [1.165, 1.54) is 5.57 Å². The standard InChI is InChI=1S/C18H15F3O/c1-11-2-7-17(22-10-11)13-5-3-12(4-6-13)14-8-15(19)18(21)16(20)9-14/h3-6,8-10,17H,2,7H2,1H3. The second-order valence-electron chi connectivity index (χ2n) is 5.50. The second-order valence-corrected chi connectivity index (χ2v) is 5.50. The van der Waals surface area contributed by atoms with E-state index in [0.717, 1.165) is 30.5 Å². The van der Waals surface area contributed by atoms with Crippen molar-refractivity contribution in [2.45, 2.75) is 25.9 Å². The number of hydrogen-bond acceptors (Lipinski definition) is 1. The molecule has 2 aromatic rings. The van der Waals surface area contributed by atoms with Crippen LogP contribution in [0.5, 0.6) is 0 Å². The van der Waals surface area contributed by atoms with Crippen LogP contribution < -0.4 is 0 Å². The summed E-state index contributed by atoms with van der Waals surface area (Å²) < 4.78 is 45.2. The lowest BCUT2D eigenvalue weighted by Crippen LogP contribution is -2.05. The molecule has 2 aromatic carbocycles. The Morgan fingerprint density at radius 3 is 2.14 bits per heavy atom. The van der Waals surface area contributed by atoms with E-state index in [1.54, 1.807) is 18.4 Å². The average Bonchev–Trinajstić information content (AvgIpc) is 2.53. The number of rotatable bonds is 2. The third kappa shape index (κ3) is 2.86. The molecule has 0 radical (unpaired) electrons. The van der Waals surface area contributed by atoms with Gasteiger partial charge in [0.25, 0.3) is 0 Å². The number of hydrogen-bond donors (Lipinski definition) is 0. The third-order valence-electron chi connectivity index (χ3n) is 3.83. The van der Waals surface area contributed by atoms with E-state index in [-0.39, 0.29) is 6.10 Å². The van der Waals surface area contributed by atoms with Crippen molar-refractivity contribution in [3.05, 3.63) is 71.2 Å². The van der Waals surface area contributed by atoms with Gasteiger partial charge in [-0.2, -0.15) is 0 Å². The van der Waals surface area contributed by atoms with Gasteiger partial charge < -0.3 is 4.74 Å². The van der Waals surface area contributed by atoms with Crippen LogP contribution in [0.3, 0.4) is 0 Å². The molecule has 1 nitrogen and oxygen atoms in total. The molecule has 4 heteroatoms. The highest BCUT2D eigenvalue weighted by Crippen LogP contribution is 2.31. The molecule has 0 spiro atoms. The van der Waals surface area contributed by atoms with Crippen LogP contribution in [-0.2, 0) is 4.74 Å². The maximum absolute atomic E-state index is 13.3. The van der Waals surface area contributed by atoms with Gasteiger partial charge in [-0.05, 0) is 54.2 Å². The van der Waals surface area contributed by atoms with Gasteiger partial charge in [0.05, 0.1) is 6.26 Å². The van der Waals surface area contributed by atoms with Gasteiger partial charge in [-0.3, -0.25) is 0 Å². The van der Waals surface area contributed by atoms with Gasteiger partial charge in [0, 0.05) is 0 Å². The highest BCUT2D eigenvalue weighted by Gasteiger charge is 2.16. The van der Waals surface area contributed by atoms with E-state index in [0.29, 0.717) is 11.1 Å². The molecule has 1 heterocycles. The second kappa shape index (κ2) is 5.87. The largest absolute Gasteiger partial charge is 0.493 e. The Labute approximate surface area is 127 Å². The Balaban J connectivity index is 1.86. The molecule has 0 aliphatic carbocycles. The molecule has 0 fully saturated rings. The first-order valence-electron chi connectivity index (χ1n) is 7.10. The number of benzene rings is 2. The molecule has 0 aromatic heterocycles. The first kappa shape index (κ1) is 14.7. The fourth-order valence-electron chi connectivity index (χ4n) is 2.54. The van der Waals surface area contributed by atoms with E-state index in [1.807, 2.05) is 19.1 Å². The van der Waals surface area contributed by atoms with Crippen LogP contribution in [-0.4, -0.2) is 0 Å². The Kier molecular flexibility index (Phi) is 3.92. The summed E-state index contributed by atoms with van der Waals surface area (Å²) in [4.78, 5) is 0. The predicted octanol–water partition coefficient (Wildman–Crippen LogP) is 5.53. The monoisotopic (exact) mass is 304 g/mol. The Morgan fingerprint density at radius 1 is 0.955 bits per heavy atom. The van der Waals surface area contributed by atoms with Gasteiger partial charge in [-0.1, -0.05) is 24.3 Å². The Hall–Kier alpha value is -2.23. The van der Waals surface area contributed by atoms with Gasteiger partial charge in [0.2, 0.25) is 0 Å². The summed E-state index contributed by atoms with van der Waals surface area (Å²) in [5, 5.41) is 0. The molecule has 1 atom stereocenters. The zero-order chi connectivity index (χ0) is 15.7. The SMILES string of the molecule is CC1=COC(c2ccc(-c3cc(F)c(F)c(F)c3)cc2)CC1. The van der Waals surface area contributed by atoms with Crippen molar-refractivity contribution in [2.24, 2.45) is 0 Å². The minimum Gasteiger partial charge on any atom is -0.493 e. The van der Waals surface area contributed by atoms with Crippen molar-refractivity contribution in [3.8, 4) is 11.1 Å².